The van der Waals surface area contributed by atoms with Crippen molar-refractivity contribution in [1.82, 2.24) is 14.8 Å². The van der Waals surface area contributed by atoms with Crippen LogP contribution < -0.4 is 0 Å². The molecule has 6 heteroatoms. The molecule has 1 aliphatic heterocycles. The van der Waals surface area contributed by atoms with E-state index in [0.29, 0.717) is 38.4 Å². The minimum atomic E-state index is -0.00153. The lowest BCUT2D eigenvalue weighted by atomic mass is 10.0. The first kappa shape index (κ1) is 17.9. The Hall–Kier alpha value is -2.44. The number of aromatic nitrogens is 1. The zero-order chi connectivity index (χ0) is 17.4. The number of likely N-dealkylation sites (tertiary alicyclic amines) is 1. The van der Waals surface area contributed by atoms with E-state index in [1.54, 1.807) is 4.90 Å². The number of nitriles is 2. The average molecular weight is 325 g/mol. The Morgan fingerprint density at radius 1 is 1.38 bits per heavy atom. The van der Waals surface area contributed by atoms with Crippen LogP contribution in [0.2, 0.25) is 0 Å². The Labute approximate surface area is 143 Å². The number of aryl methyl sites for hydroxylation is 1. The minimum Gasteiger partial charge on any atom is -0.340 e. The first-order valence-corrected chi connectivity index (χ1v) is 8.30. The SMILES string of the molecule is Cc1ccnc([C@H]2CCN(CC(=O)N(CCC#N)CCC#N)C2)c1. The summed E-state index contributed by atoms with van der Waals surface area (Å²) in [5.74, 6) is 0.364. The fourth-order valence-electron chi connectivity index (χ4n) is 3.02. The smallest absolute Gasteiger partial charge is 0.236 e. The van der Waals surface area contributed by atoms with Gasteiger partial charge in [0.1, 0.15) is 0 Å². The predicted octanol–water partition coefficient (Wildman–Crippen LogP) is 1.84. The van der Waals surface area contributed by atoms with E-state index in [1.165, 1.54) is 5.56 Å². The maximum atomic E-state index is 12.5. The van der Waals surface area contributed by atoms with Crippen LogP contribution in [0.1, 0.15) is 36.4 Å². The third-order valence-electron chi connectivity index (χ3n) is 4.33. The van der Waals surface area contributed by atoms with Crippen LogP contribution in [0.25, 0.3) is 0 Å². The minimum absolute atomic E-state index is 0.00153. The van der Waals surface area contributed by atoms with E-state index in [9.17, 15) is 4.79 Å². The second-order valence-electron chi connectivity index (χ2n) is 6.18. The summed E-state index contributed by atoms with van der Waals surface area (Å²) in [6.07, 6.45) is 3.43. The third kappa shape index (κ3) is 5.04. The van der Waals surface area contributed by atoms with Gasteiger partial charge < -0.3 is 4.90 Å². The highest BCUT2D eigenvalue weighted by atomic mass is 16.2. The largest absolute Gasteiger partial charge is 0.340 e. The van der Waals surface area contributed by atoms with E-state index in [0.717, 1.165) is 25.2 Å². The molecule has 1 aromatic rings. The number of carbonyl (C=O) groups is 1. The van der Waals surface area contributed by atoms with Crippen molar-refractivity contribution in [2.24, 2.45) is 0 Å². The van der Waals surface area contributed by atoms with Crippen LogP contribution in [0.4, 0.5) is 0 Å². The summed E-state index contributed by atoms with van der Waals surface area (Å²) >= 11 is 0. The Morgan fingerprint density at radius 2 is 2.08 bits per heavy atom. The highest BCUT2D eigenvalue weighted by molar-refractivity contribution is 5.78. The summed E-state index contributed by atoms with van der Waals surface area (Å²) in [7, 11) is 0. The number of hydrogen-bond acceptors (Lipinski definition) is 5. The summed E-state index contributed by atoms with van der Waals surface area (Å²) in [5, 5.41) is 17.4. The quantitative estimate of drug-likeness (QED) is 0.763. The molecule has 2 rings (SSSR count). The zero-order valence-electron chi connectivity index (χ0n) is 14.1. The molecule has 1 saturated heterocycles. The molecule has 2 heterocycles. The van der Waals surface area contributed by atoms with Crippen molar-refractivity contribution >= 4 is 5.91 Å². The number of amides is 1. The maximum absolute atomic E-state index is 12.5. The molecule has 24 heavy (non-hydrogen) atoms. The number of nitrogens with zero attached hydrogens (tertiary/aromatic N) is 5. The van der Waals surface area contributed by atoms with E-state index in [1.807, 2.05) is 12.3 Å². The fourth-order valence-corrected chi connectivity index (χ4v) is 3.02. The highest BCUT2D eigenvalue weighted by Crippen LogP contribution is 2.26. The van der Waals surface area contributed by atoms with E-state index in [4.69, 9.17) is 10.5 Å². The lowest BCUT2D eigenvalue weighted by molar-refractivity contribution is -0.132. The van der Waals surface area contributed by atoms with Crippen molar-refractivity contribution in [2.45, 2.75) is 32.1 Å². The lowest BCUT2D eigenvalue weighted by Gasteiger charge is -2.24. The molecule has 0 radical (unpaired) electrons. The van der Waals surface area contributed by atoms with Crippen LogP contribution in [0.5, 0.6) is 0 Å². The van der Waals surface area contributed by atoms with Gasteiger partial charge in [0.15, 0.2) is 0 Å². The molecular formula is C18H23N5O. The van der Waals surface area contributed by atoms with Crippen molar-refractivity contribution in [3.05, 3.63) is 29.6 Å². The second-order valence-corrected chi connectivity index (χ2v) is 6.18. The molecule has 1 atom stereocenters. The topological polar surface area (TPSA) is 84.0 Å². The van der Waals surface area contributed by atoms with Crippen LogP contribution >= 0.6 is 0 Å². The summed E-state index contributed by atoms with van der Waals surface area (Å²) in [6, 6.07) is 8.22. The van der Waals surface area contributed by atoms with Crippen molar-refractivity contribution in [3.8, 4) is 12.1 Å². The van der Waals surface area contributed by atoms with Crippen molar-refractivity contribution < 1.29 is 4.79 Å². The first-order chi connectivity index (χ1) is 11.6. The Balaban J connectivity index is 1.89. The van der Waals surface area contributed by atoms with E-state index >= 15 is 0 Å². The van der Waals surface area contributed by atoms with Crippen molar-refractivity contribution in [3.63, 3.8) is 0 Å². The molecule has 0 bridgehead atoms. The molecule has 1 aromatic heterocycles. The molecular weight excluding hydrogens is 302 g/mol. The Morgan fingerprint density at radius 3 is 2.71 bits per heavy atom. The van der Waals surface area contributed by atoms with Gasteiger partial charge in [-0.1, -0.05) is 0 Å². The highest BCUT2D eigenvalue weighted by Gasteiger charge is 2.27. The van der Waals surface area contributed by atoms with Gasteiger partial charge in [0.2, 0.25) is 5.91 Å². The summed E-state index contributed by atoms with van der Waals surface area (Å²) in [5.41, 5.74) is 2.30. The molecule has 0 aliphatic carbocycles. The number of rotatable bonds is 7. The maximum Gasteiger partial charge on any atom is 0.236 e. The van der Waals surface area contributed by atoms with Crippen molar-refractivity contribution in [2.75, 3.05) is 32.7 Å². The van der Waals surface area contributed by atoms with Gasteiger partial charge in [-0.15, -0.1) is 0 Å². The van der Waals surface area contributed by atoms with Crippen LogP contribution in [0.3, 0.4) is 0 Å². The van der Waals surface area contributed by atoms with E-state index in [-0.39, 0.29) is 5.91 Å². The van der Waals surface area contributed by atoms with Gasteiger partial charge >= 0.3 is 0 Å². The molecule has 1 fully saturated rings. The van der Waals surface area contributed by atoms with Gasteiger partial charge in [0.05, 0.1) is 31.5 Å². The van der Waals surface area contributed by atoms with Crippen LogP contribution in [-0.2, 0) is 4.79 Å². The average Bonchev–Trinajstić information content (AvgIpc) is 3.03. The van der Waals surface area contributed by atoms with Crippen molar-refractivity contribution in [1.29, 1.82) is 10.5 Å². The summed E-state index contributed by atoms with van der Waals surface area (Å²) in [4.78, 5) is 20.7. The van der Waals surface area contributed by atoms with Gasteiger partial charge in [0.25, 0.3) is 0 Å². The molecule has 0 saturated carbocycles. The van der Waals surface area contributed by atoms with Gasteiger partial charge in [-0.05, 0) is 37.6 Å². The molecule has 126 valence electrons. The second kappa shape index (κ2) is 9.00. The molecule has 6 nitrogen and oxygen atoms in total. The zero-order valence-corrected chi connectivity index (χ0v) is 14.1. The van der Waals surface area contributed by atoms with Crippen LogP contribution in [0, 0.1) is 29.6 Å². The summed E-state index contributed by atoms with van der Waals surface area (Å²) in [6.45, 7) is 4.90. The molecule has 1 amide bonds. The van der Waals surface area contributed by atoms with Gasteiger partial charge in [-0.3, -0.25) is 14.7 Å². The number of carbonyl (C=O) groups excluding carboxylic acids is 1. The van der Waals surface area contributed by atoms with Crippen LogP contribution in [0.15, 0.2) is 18.3 Å². The third-order valence-corrected chi connectivity index (χ3v) is 4.33. The molecule has 0 unspecified atom stereocenters. The van der Waals surface area contributed by atoms with Gasteiger partial charge in [-0.25, -0.2) is 0 Å². The van der Waals surface area contributed by atoms with Crippen LogP contribution in [-0.4, -0.2) is 53.4 Å². The summed E-state index contributed by atoms with van der Waals surface area (Å²) < 4.78 is 0. The monoisotopic (exact) mass is 325 g/mol. The Bertz CT molecular complexity index is 628. The first-order valence-electron chi connectivity index (χ1n) is 8.30. The van der Waals surface area contributed by atoms with E-state index in [2.05, 4.69) is 35.0 Å². The standard InChI is InChI=1S/C18H23N5O/c1-15-4-8-21-17(12-15)16-5-11-22(13-16)14-18(24)23(9-2-6-19)10-3-7-20/h4,8,12,16H,2-3,5,9-11,13-14H2,1H3/t16-/m0/s1. The molecule has 1 aliphatic rings. The lowest BCUT2D eigenvalue weighted by Crippen LogP contribution is -2.40. The number of pyridine rings is 1. The number of hydrogen-bond donors (Lipinski definition) is 0. The van der Waals surface area contributed by atoms with Gasteiger partial charge in [0, 0.05) is 37.4 Å². The molecule has 0 aromatic carbocycles. The fraction of sp³-hybridized carbons (Fsp3) is 0.556. The predicted molar refractivity (Wildman–Crippen MR) is 89.8 cm³/mol. The van der Waals surface area contributed by atoms with E-state index < -0.39 is 0 Å². The normalized spacial score (nSPS) is 17.2. The molecule has 0 N–H and O–H groups in total. The Kier molecular flexibility index (Phi) is 6.72. The van der Waals surface area contributed by atoms with Gasteiger partial charge in [-0.2, -0.15) is 10.5 Å². The molecule has 0 spiro atoms.